The lowest BCUT2D eigenvalue weighted by Gasteiger charge is -2.04. The number of carbonyl (C=O) groups excluding carboxylic acids is 1. The molecule has 4 nitrogen and oxygen atoms in total. The summed E-state index contributed by atoms with van der Waals surface area (Å²) < 4.78 is 9.99. The Hall–Kier alpha value is -1.81. The van der Waals surface area contributed by atoms with Gasteiger partial charge >= 0.3 is 0 Å². The fourth-order valence-electron chi connectivity index (χ4n) is 1.23. The Morgan fingerprint density at radius 3 is 2.79 bits per heavy atom. The number of furan rings is 2. The molecule has 1 atom stereocenters. The Kier molecular flexibility index (Phi) is 2.20. The normalized spacial score (nSPS) is 12.6. The summed E-state index contributed by atoms with van der Waals surface area (Å²) in [4.78, 5) is 10.6. The predicted octanol–water partition coefficient (Wildman–Crippen LogP) is 1.77. The number of aliphatic hydroxyl groups is 1. The Morgan fingerprint density at radius 2 is 2.14 bits per heavy atom. The topological polar surface area (TPSA) is 63.6 Å². The molecule has 0 saturated carbocycles. The zero-order valence-corrected chi connectivity index (χ0v) is 7.21. The van der Waals surface area contributed by atoms with E-state index in [0.717, 1.165) is 0 Å². The number of carbonyl (C=O) groups is 1. The van der Waals surface area contributed by atoms with Crippen molar-refractivity contribution in [1.82, 2.24) is 0 Å². The molecule has 14 heavy (non-hydrogen) atoms. The van der Waals surface area contributed by atoms with Crippen molar-refractivity contribution in [2.24, 2.45) is 0 Å². The van der Waals surface area contributed by atoms with Crippen LogP contribution in [0.5, 0.6) is 0 Å². The van der Waals surface area contributed by atoms with E-state index in [0.29, 0.717) is 17.6 Å². The molecule has 0 spiro atoms. The smallest absolute Gasteiger partial charge is 0.170 e. The van der Waals surface area contributed by atoms with Gasteiger partial charge in [0.1, 0.15) is 5.76 Å². The van der Waals surface area contributed by atoms with Gasteiger partial charge in [-0.1, -0.05) is 0 Å². The van der Waals surface area contributed by atoms with E-state index in [2.05, 4.69) is 0 Å². The molecule has 0 aromatic carbocycles. The lowest BCUT2D eigenvalue weighted by molar-refractivity contribution is 0.111. The van der Waals surface area contributed by atoms with Crippen LogP contribution in [0, 0.1) is 0 Å². The minimum Gasteiger partial charge on any atom is -0.466 e. The molecule has 1 N–H and O–H groups in total. The van der Waals surface area contributed by atoms with E-state index in [4.69, 9.17) is 8.83 Å². The van der Waals surface area contributed by atoms with Crippen LogP contribution in [0.15, 0.2) is 39.6 Å². The third-order valence-electron chi connectivity index (χ3n) is 1.92. The highest BCUT2D eigenvalue weighted by Gasteiger charge is 2.19. The first-order valence-corrected chi connectivity index (χ1v) is 4.07. The minimum absolute atomic E-state index is 0.204. The van der Waals surface area contributed by atoms with Crippen LogP contribution in [0.3, 0.4) is 0 Å². The molecule has 0 aliphatic carbocycles. The Balaban J connectivity index is 2.36. The standard InChI is InChI=1S/C10H8O4/c11-6-7-3-5-14-10(7)9(12)8-2-1-4-13-8/h1-6,9,12H. The summed E-state index contributed by atoms with van der Waals surface area (Å²) in [7, 11) is 0. The third-order valence-corrected chi connectivity index (χ3v) is 1.92. The van der Waals surface area contributed by atoms with E-state index in [9.17, 15) is 9.90 Å². The van der Waals surface area contributed by atoms with Gasteiger partial charge in [-0.2, -0.15) is 0 Å². The molecule has 0 saturated heterocycles. The lowest BCUT2D eigenvalue weighted by Crippen LogP contribution is -1.99. The molecule has 2 rings (SSSR count). The maximum Gasteiger partial charge on any atom is 0.170 e. The van der Waals surface area contributed by atoms with E-state index in [1.807, 2.05) is 0 Å². The highest BCUT2D eigenvalue weighted by molar-refractivity contribution is 5.76. The van der Waals surface area contributed by atoms with Crippen LogP contribution in [0.2, 0.25) is 0 Å². The first-order valence-electron chi connectivity index (χ1n) is 4.07. The van der Waals surface area contributed by atoms with Gasteiger partial charge in [0, 0.05) is 0 Å². The number of hydrogen-bond acceptors (Lipinski definition) is 4. The van der Waals surface area contributed by atoms with Gasteiger partial charge in [-0.15, -0.1) is 0 Å². The predicted molar refractivity (Wildman–Crippen MR) is 46.9 cm³/mol. The van der Waals surface area contributed by atoms with Crippen LogP contribution in [0.25, 0.3) is 0 Å². The second-order valence-corrected chi connectivity index (χ2v) is 2.78. The molecule has 0 radical (unpaired) electrons. The largest absolute Gasteiger partial charge is 0.466 e. The van der Waals surface area contributed by atoms with Gasteiger partial charge in [-0.05, 0) is 18.2 Å². The first-order chi connectivity index (χ1) is 6.83. The van der Waals surface area contributed by atoms with E-state index in [1.54, 1.807) is 12.1 Å². The van der Waals surface area contributed by atoms with Crippen molar-refractivity contribution in [3.63, 3.8) is 0 Å². The summed E-state index contributed by atoms with van der Waals surface area (Å²) in [5, 5.41) is 9.74. The van der Waals surface area contributed by atoms with Crippen molar-refractivity contribution >= 4 is 6.29 Å². The van der Waals surface area contributed by atoms with E-state index >= 15 is 0 Å². The summed E-state index contributed by atoms with van der Waals surface area (Å²) in [6, 6.07) is 4.76. The molecule has 0 aliphatic heterocycles. The van der Waals surface area contributed by atoms with Crippen LogP contribution < -0.4 is 0 Å². The summed E-state index contributed by atoms with van der Waals surface area (Å²) in [6.45, 7) is 0. The van der Waals surface area contributed by atoms with Crippen LogP contribution in [0.4, 0.5) is 0 Å². The molecule has 0 aliphatic rings. The number of rotatable bonds is 3. The van der Waals surface area contributed by atoms with Crippen LogP contribution >= 0.6 is 0 Å². The molecular weight excluding hydrogens is 184 g/mol. The minimum atomic E-state index is -1.03. The molecule has 2 heterocycles. The number of aldehydes is 1. The van der Waals surface area contributed by atoms with Crippen molar-refractivity contribution in [3.8, 4) is 0 Å². The lowest BCUT2D eigenvalue weighted by atomic mass is 10.1. The van der Waals surface area contributed by atoms with Crippen LogP contribution in [0.1, 0.15) is 28.0 Å². The van der Waals surface area contributed by atoms with Gasteiger partial charge in [0.15, 0.2) is 18.2 Å². The second kappa shape index (κ2) is 3.51. The molecule has 2 aromatic rings. The number of aliphatic hydroxyl groups excluding tert-OH is 1. The van der Waals surface area contributed by atoms with Crippen molar-refractivity contribution in [3.05, 3.63) is 47.8 Å². The fraction of sp³-hybridized carbons (Fsp3) is 0.100. The maximum absolute atomic E-state index is 10.6. The Morgan fingerprint density at radius 1 is 1.29 bits per heavy atom. The highest BCUT2D eigenvalue weighted by Crippen LogP contribution is 2.25. The van der Waals surface area contributed by atoms with Gasteiger partial charge in [-0.3, -0.25) is 4.79 Å². The zero-order chi connectivity index (χ0) is 9.97. The Bertz CT molecular complexity index is 413. The summed E-state index contributed by atoms with van der Waals surface area (Å²) in [6.07, 6.45) is 2.40. The third kappa shape index (κ3) is 1.36. The molecule has 2 aromatic heterocycles. The van der Waals surface area contributed by atoms with Gasteiger partial charge in [0.05, 0.1) is 18.1 Å². The molecule has 4 heteroatoms. The van der Waals surface area contributed by atoms with E-state index in [-0.39, 0.29) is 5.76 Å². The molecule has 72 valence electrons. The summed E-state index contributed by atoms with van der Waals surface area (Å²) >= 11 is 0. The van der Waals surface area contributed by atoms with Crippen molar-refractivity contribution < 1.29 is 18.7 Å². The fourth-order valence-corrected chi connectivity index (χ4v) is 1.23. The molecule has 1 unspecified atom stereocenters. The molecule has 0 bridgehead atoms. The van der Waals surface area contributed by atoms with Crippen molar-refractivity contribution in [2.45, 2.75) is 6.10 Å². The first kappa shape index (κ1) is 8.77. The van der Waals surface area contributed by atoms with Crippen molar-refractivity contribution in [1.29, 1.82) is 0 Å². The van der Waals surface area contributed by atoms with Gasteiger partial charge in [0.2, 0.25) is 0 Å². The SMILES string of the molecule is O=Cc1ccoc1C(O)c1ccco1. The summed E-state index contributed by atoms with van der Waals surface area (Å²) in [5.41, 5.74) is 0.328. The zero-order valence-electron chi connectivity index (χ0n) is 7.21. The van der Waals surface area contributed by atoms with Crippen LogP contribution in [-0.2, 0) is 0 Å². The molecule has 0 fully saturated rings. The van der Waals surface area contributed by atoms with Crippen LogP contribution in [-0.4, -0.2) is 11.4 Å². The van der Waals surface area contributed by atoms with Crippen molar-refractivity contribution in [2.75, 3.05) is 0 Å². The second-order valence-electron chi connectivity index (χ2n) is 2.78. The van der Waals surface area contributed by atoms with E-state index < -0.39 is 6.10 Å². The number of hydrogen-bond donors (Lipinski definition) is 1. The van der Waals surface area contributed by atoms with E-state index in [1.165, 1.54) is 18.6 Å². The Labute approximate surface area is 79.8 Å². The maximum atomic E-state index is 10.6. The average molecular weight is 192 g/mol. The highest BCUT2D eigenvalue weighted by atomic mass is 16.4. The molecular formula is C10H8O4. The average Bonchev–Trinajstić information content (AvgIpc) is 2.87. The van der Waals surface area contributed by atoms with Gasteiger partial charge < -0.3 is 13.9 Å². The van der Waals surface area contributed by atoms with Gasteiger partial charge in [0.25, 0.3) is 0 Å². The monoisotopic (exact) mass is 192 g/mol. The quantitative estimate of drug-likeness (QED) is 0.752. The molecule has 0 amide bonds. The van der Waals surface area contributed by atoms with Gasteiger partial charge in [-0.25, -0.2) is 0 Å². The summed E-state index contributed by atoms with van der Waals surface area (Å²) in [5.74, 6) is 0.554.